The molecule has 21 heavy (non-hydrogen) atoms. The van der Waals surface area contributed by atoms with E-state index in [4.69, 9.17) is 4.74 Å². The third kappa shape index (κ3) is 3.72. The SMILES string of the molecule is COc1ccccc1NC(=O)Cn1cc(Br)cc(C)c1=O. The smallest absolute Gasteiger partial charge is 0.253 e. The largest absolute Gasteiger partial charge is 0.495 e. The molecule has 0 saturated heterocycles. The maximum absolute atomic E-state index is 12.1. The summed E-state index contributed by atoms with van der Waals surface area (Å²) in [4.78, 5) is 24.1. The van der Waals surface area contributed by atoms with Crippen LogP contribution in [0.25, 0.3) is 0 Å². The number of benzene rings is 1. The first kappa shape index (κ1) is 15.3. The molecule has 0 radical (unpaired) electrons. The fourth-order valence-electron chi connectivity index (χ4n) is 1.95. The lowest BCUT2D eigenvalue weighted by atomic mass is 10.3. The van der Waals surface area contributed by atoms with Crippen LogP contribution in [0.2, 0.25) is 0 Å². The molecule has 110 valence electrons. The molecule has 1 aromatic carbocycles. The highest BCUT2D eigenvalue weighted by molar-refractivity contribution is 9.10. The Kier molecular flexibility index (Phi) is 4.80. The molecule has 0 saturated carbocycles. The van der Waals surface area contributed by atoms with E-state index in [-0.39, 0.29) is 18.0 Å². The van der Waals surface area contributed by atoms with Gasteiger partial charge in [-0.15, -0.1) is 0 Å². The second kappa shape index (κ2) is 6.58. The molecule has 0 aliphatic heterocycles. The molecule has 0 fully saturated rings. The van der Waals surface area contributed by atoms with Gasteiger partial charge < -0.3 is 14.6 Å². The maximum Gasteiger partial charge on any atom is 0.253 e. The van der Waals surface area contributed by atoms with E-state index in [0.717, 1.165) is 4.47 Å². The van der Waals surface area contributed by atoms with Crippen molar-refractivity contribution in [3.05, 3.63) is 56.9 Å². The van der Waals surface area contributed by atoms with Crippen LogP contribution in [0, 0.1) is 6.92 Å². The number of rotatable bonds is 4. The predicted molar refractivity (Wildman–Crippen MR) is 84.8 cm³/mol. The van der Waals surface area contributed by atoms with Gasteiger partial charge in [-0.2, -0.15) is 0 Å². The van der Waals surface area contributed by atoms with Crippen LogP contribution in [-0.4, -0.2) is 17.6 Å². The summed E-state index contributed by atoms with van der Waals surface area (Å²) in [7, 11) is 1.53. The topological polar surface area (TPSA) is 60.3 Å². The fraction of sp³-hybridized carbons (Fsp3) is 0.200. The molecule has 2 aromatic rings. The van der Waals surface area contributed by atoms with Crippen molar-refractivity contribution in [2.75, 3.05) is 12.4 Å². The standard InChI is InChI=1S/C15H15BrN2O3/c1-10-7-11(16)8-18(15(10)20)9-14(19)17-12-5-3-4-6-13(12)21-2/h3-8H,9H2,1-2H3,(H,17,19). The van der Waals surface area contributed by atoms with Crippen LogP contribution in [0.5, 0.6) is 5.75 Å². The van der Waals surface area contributed by atoms with E-state index in [1.807, 2.05) is 6.07 Å². The Labute approximate surface area is 130 Å². The first-order valence-electron chi connectivity index (χ1n) is 6.30. The summed E-state index contributed by atoms with van der Waals surface area (Å²) >= 11 is 3.32. The molecule has 0 aliphatic rings. The van der Waals surface area contributed by atoms with Gasteiger partial charge in [-0.05, 0) is 41.1 Å². The summed E-state index contributed by atoms with van der Waals surface area (Å²) in [6.45, 7) is 1.65. The van der Waals surface area contributed by atoms with Crippen LogP contribution < -0.4 is 15.6 Å². The quantitative estimate of drug-likeness (QED) is 0.921. The molecule has 0 atom stereocenters. The Balaban J connectivity index is 2.18. The van der Waals surface area contributed by atoms with Gasteiger partial charge in [-0.3, -0.25) is 9.59 Å². The van der Waals surface area contributed by atoms with E-state index in [0.29, 0.717) is 17.0 Å². The number of amides is 1. The first-order chi connectivity index (χ1) is 10.0. The van der Waals surface area contributed by atoms with Gasteiger partial charge in [0.15, 0.2) is 0 Å². The molecule has 0 aliphatic carbocycles. The van der Waals surface area contributed by atoms with Gasteiger partial charge >= 0.3 is 0 Å². The molecular formula is C15H15BrN2O3. The zero-order valence-corrected chi connectivity index (χ0v) is 13.3. The summed E-state index contributed by atoms with van der Waals surface area (Å²) in [6.07, 6.45) is 1.59. The van der Waals surface area contributed by atoms with Gasteiger partial charge in [0.25, 0.3) is 5.56 Å². The number of para-hydroxylation sites is 2. The number of hydrogen-bond acceptors (Lipinski definition) is 3. The summed E-state index contributed by atoms with van der Waals surface area (Å²) in [5, 5.41) is 2.74. The number of methoxy groups -OCH3 is 1. The van der Waals surface area contributed by atoms with Crippen molar-refractivity contribution < 1.29 is 9.53 Å². The van der Waals surface area contributed by atoms with Crippen molar-refractivity contribution in [2.45, 2.75) is 13.5 Å². The molecule has 0 spiro atoms. The number of nitrogens with one attached hydrogen (secondary N) is 1. The third-order valence-corrected chi connectivity index (χ3v) is 3.36. The summed E-state index contributed by atoms with van der Waals surface area (Å²) in [6, 6.07) is 8.83. The van der Waals surface area contributed by atoms with Crippen molar-refractivity contribution in [2.24, 2.45) is 0 Å². The highest BCUT2D eigenvalue weighted by Crippen LogP contribution is 2.22. The fourth-order valence-corrected chi connectivity index (χ4v) is 2.54. The first-order valence-corrected chi connectivity index (χ1v) is 7.10. The number of pyridine rings is 1. The van der Waals surface area contributed by atoms with Crippen LogP contribution >= 0.6 is 15.9 Å². The van der Waals surface area contributed by atoms with Gasteiger partial charge in [-0.25, -0.2) is 0 Å². The number of carbonyl (C=O) groups is 1. The molecule has 1 aromatic heterocycles. The minimum atomic E-state index is -0.292. The Morgan fingerprint density at radius 1 is 1.38 bits per heavy atom. The molecule has 1 heterocycles. The molecule has 0 unspecified atom stereocenters. The normalized spacial score (nSPS) is 10.2. The van der Waals surface area contributed by atoms with Crippen molar-refractivity contribution in [3.8, 4) is 5.75 Å². The van der Waals surface area contributed by atoms with E-state index in [9.17, 15) is 9.59 Å². The lowest BCUT2D eigenvalue weighted by Gasteiger charge is -2.11. The minimum Gasteiger partial charge on any atom is -0.495 e. The number of aryl methyl sites for hydroxylation is 1. The average Bonchev–Trinajstić information content (AvgIpc) is 2.44. The lowest BCUT2D eigenvalue weighted by molar-refractivity contribution is -0.116. The Morgan fingerprint density at radius 2 is 2.10 bits per heavy atom. The van der Waals surface area contributed by atoms with E-state index < -0.39 is 0 Å². The number of anilines is 1. The van der Waals surface area contributed by atoms with E-state index >= 15 is 0 Å². The number of aromatic nitrogens is 1. The average molecular weight is 351 g/mol. The van der Waals surface area contributed by atoms with Crippen LogP contribution in [-0.2, 0) is 11.3 Å². The maximum atomic E-state index is 12.1. The molecular weight excluding hydrogens is 336 g/mol. The van der Waals surface area contributed by atoms with Crippen molar-refractivity contribution >= 4 is 27.5 Å². The molecule has 1 N–H and O–H groups in total. The van der Waals surface area contributed by atoms with Crippen molar-refractivity contribution in [3.63, 3.8) is 0 Å². The van der Waals surface area contributed by atoms with Gasteiger partial charge in [0, 0.05) is 16.2 Å². The summed E-state index contributed by atoms with van der Waals surface area (Å²) in [5.41, 5.74) is 0.965. The van der Waals surface area contributed by atoms with Crippen molar-refractivity contribution in [1.82, 2.24) is 4.57 Å². The number of nitrogens with zero attached hydrogens (tertiary/aromatic N) is 1. The van der Waals surface area contributed by atoms with Crippen LogP contribution in [0.3, 0.4) is 0 Å². The summed E-state index contributed by atoms with van der Waals surface area (Å²) in [5.74, 6) is 0.280. The number of ether oxygens (including phenoxy) is 1. The Morgan fingerprint density at radius 3 is 2.81 bits per heavy atom. The van der Waals surface area contributed by atoms with Gasteiger partial charge in [-0.1, -0.05) is 12.1 Å². The second-order valence-corrected chi connectivity index (χ2v) is 5.44. The zero-order chi connectivity index (χ0) is 15.4. The van der Waals surface area contributed by atoms with E-state index in [1.165, 1.54) is 11.7 Å². The van der Waals surface area contributed by atoms with Crippen LogP contribution in [0.1, 0.15) is 5.56 Å². The lowest BCUT2D eigenvalue weighted by Crippen LogP contribution is -2.28. The highest BCUT2D eigenvalue weighted by Gasteiger charge is 2.10. The number of halogens is 1. The molecule has 5 nitrogen and oxygen atoms in total. The van der Waals surface area contributed by atoms with Gasteiger partial charge in [0.2, 0.25) is 5.91 Å². The zero-order valence-electron chi connectivity index (χ0n) is 11.7. The second-order valence-electron chi connectivity index (χ2n) is 4.52. The van der Waals surface area contributed by atoms with E-state index in [1.54, 1.807) is 37.4 Å². The number of hydrogen-bond donors (Lipinski definition) is 1. The Hall–Kier alpha value is -2.08. The number of carbonyl (C=O) groups excluding carboxylic acids is 1. The monoisotopic (exact) mass is 350 g/mol. The Bertz CT molecular complexity index is 725. The third-order valence-electron chi connectivity index (χ3n) is 2.93. The molecule has 2 rings (SSSR count). The van der Waals surface area contributed by atoms with Crippen LogP contribution in [0.15, 0.2) is 45.8 Å². The summed E-state index contributed by atoms with van der Waals surface area (Å²) < 4.78 is 7.29. The van der Waals surface area contributed by atoms with E-state index in [2.05, 4.69) is 21.2 Å². The highest BCUT2D eigenvalue weighted by atomic mass is 79.9. The van der Waals surface area contributed by atoms with Crippen molar-refractivity contribution in [1.29, 1.82) is 0 Å². The molecule has 6 heteroatoms. The molecule has 0 bridgehead atoms. The minimum absolute atomic E-state index is 0.0584. The molecule has 1 amide bonds. The van der Waals surface area contributed by atoms with Crippen LogP contribution in [0.4, 0.5) is 5.69 Å². The van der Waals surface area contributed by atoms with Gasteiger partial charge in [0.05, 0.1) is 12.8 Å². The predicted octanol–water partition coefficient (Wildman–Crippen LogP) is 2.57. The van der Waals surface area contributed by atoms with Gasteiger partial charge in [0.1, 0.15) is 12.3 Å².